The summed E-state index contributed by atoms with van der Waals surface area (Å²) in [7, 11) is 0. The lowest BCUT2D eigenvalue weighted by Crippen LogP contribution is -2.45. The molecule has 4 heteroatoms. The number of ether oxygens (including phenoxy) is 2. The maximum absolute atomic E-state index is 12.3. The minimum atomic E-state index is -0.126. The smallest absolute Gasteiger partial charge is 0.311 e. The summed E-state index contributed by atoms with van der Waals surface area (Å²) in [5.74, 6) is 2.44. The molecule has 0 unspecified atom stereocenters. The van der Waals surface area contributed by atoms with Crippen molar-refractivity contribution in [2.75, 3.05) is 0 Å². The molecule has 0 radical (unpaired) electrons. The number of hydrogen-bond donors (Lipinski definition) is 0. The first-order chi connectivity index (χ1) is 15.5. The molecule has 3 aliphatic carbocycles. The number of benzene rings is 1. The van der Waals surface area contributed by atoms with E-state index in [1.807, 2.05) is 6.07 Å². The highest BCUT2D eigenvalue weighted by molar-refractivity contribution is 5.72. The van der Waals surface area contributed by atoms with Crippen molar-refractivity contribution in [1.29, 1.82) is 0 Å². The zero-order valence-corrected chi connectivity index (χ0v) is 20.2. The van der Waals surface area contributed by atoms with Gasteiger partial charge in [-0.15, -0.1) is 0 Å². The first-order valence-corrected chi connectivity index (χ1v) is 13.0. The second-order valence-corrected chi connectivity index (χ2v) is 10.6. The summed E-state index contributed by atoms with van der Waals surface area (Å²) in [6.45, 7) is 6.58. The van der Waals surface area contributed by atoms with Crippen molar-refractivity contribution >= 4 is 11.9 Å². The van der Waals surface area contributed by atoms with Crippen molar-refractivity contribution in [2.24, 2.45) is 17.3 Å². The van der Waals surface area contributed by atoms with Crippen LogP contribution in [0, 0.1) is 17.3 Å². The first-order valence-electron chi connectivity index (χ1n) is 13.0. The van der Waals surface area contributed by atoms with Crippen molar-refractivity contribution < 1.29 is 19.1 Å². The third-order valence-corrected chi connectivity index (χ3v) is 8.59. The fourth-order valence-electron chi connectivity index (χ4n) is 6.81. The standard InChI is InChI=1S/C28H40O4/c1-4-6-8-26(29)31-20-11-13-21-19(18-20)10-12-23-22(21)16-17-28(3)24(23)14-15-25(28)32-27(30)9-7-5-2/h11,13,18,22-25H,4-10,12,14-17H2,1-3H3/t22-,23-,24+,25-,28+/m1/s1. The van der Waals surface area contributed by atoms with Crippen LogP contribution in [0.15, 0.2) is 18.2 Å². The molecule has 0 heterocycles. The van der Waals surface area contributed by atoms with E-state index < -0.39 is 0 Å². The molecule has 5 atom stereocenters. The van der Waals surface area contributed by atoms with E-state index in [4.69, 9.17) is 9.47 Å². The van der Waals surface area contributed by atoms with Crippen molar-refractivity contribution in [3.63, 3.8) is 0 Å². The SMILES string of the molecule is CCCCC(=O)Oc1ccc2c(c1)CC[C@@H]1[C@@H]2CC[C@]2(C)[C@H](OC(=O)CCCC)CC[C@@H]12. The summed E-state index contributed by atoms with van der Waals surface area (Å²) in [5, 5.41) is 0. The van der Waals surface area contributed by atoms with E-state index in [9.17, 15) is 9.59 Å². The second kappa shape index (κ2) is 9.97. The van der Waals surface area contributed by atoms with Gasteiger partial charge in [0, 0.05) is 18.3 Å². The normalized spacial score (nSPS) is 30.7. The average molecular weight is 441 g/mol. The molecule has 0 amide bonds. The molecule has 0 spiro atoms. The van der Waals surface area contributed by atoms with Gasteiger partial charge in [0.25, 0.3) is 0 Å². The molecule has 4 nitrogen and oxygen atoms in total. The highest BCUT2D eigenvalue weighted by Crippen LogP contribution is 2.61. The van der Waals surface area contributed by atoms with Gasteiger partial charge in [-0.1, -0.05) is 39.7 Å². The molecule has 0 saturated heterocycles. The second-order valence-electron chi connectivity index (χ2n) is 10.6. The number of rotatable bonds is 8. The molecule has 0 aromatic heterocycles. The first kappa shape index (κ1) is 23.3. The summed E-state index contributed by atoms with van der Waals surface area (Å²) >= 11 is 0. The topological polar surface area (TPSA) is 52.6 Å². The van der Waals surface area contributed by atoms with Crippen LogP contribution in [0.25, 0.3) is 0 Å². The van der Waals surface area contributed by atoms with E-state index in [0.29, 0.717) is 36.3 Å². The third-order valence-electron chi connectivity index (χ3n) is 8.59. The molecular formula is C28H40O4. The zero-order chi connectivity index (χ0) is 22.7. The van der Waals surface area contributed by atoms with E-state index in [1.165, 1.54) is 24.0 Å². The molecule has 4 rings (SSSR count). The van der Waals surface area contributed by atoms with Gasteiger partial charge in [-0.05, 0) is 92.4 Å². The molecular weight excluding hydrogens is 400 g/mol. The van der Waals surface area contributed by atoms with Crippen LogP contribution in [0.1, 0.15) is 108 Å². The Labute approximate surface area is 193 Å². The van der Waals surface area contributed by atoms with Crippen LogP contribution in [0.3, 0.4) is 0 Å². The molecule has 0 N–H and O–H groups in total. The number of carbonyl (C=O) groups is 2. The summed E-state index contributed by atoms with van der Waals surface area (Å²) in [6, 6.07) is 6.32. The van der Waals surface area contributed by atoms with Gasteiger partial charge in [0.2, 0.25) is 0 Å². The highest BCUT2D eigenvalue weighted by atomic mass is 16.5. The average Bonchev–Trinajstić information content (AvgIpc) is 3.12. The van der Waals surface area contributed by atoms with Gasteiger partial charge < -0.3 is 9.47 Å². The van der Waals surface area contributed by atoms with Gasteiger partial charge in [0.15, 0.2) is 0 Å². The Morgan fingerprint density at radius 1 is 1.00 bits per heavy atom. The third kappa shape index (κ3) is 4.61. The van der Waals surface area contributed by atoms with Crippen LogP contribution >= 0.6 is 0 Å². The quantitative estimate of drug-likeness (QED) is 0.332. The Hall–Kier alpha value is -1.84. The Bertz CT molecular complexity index is 831. The Morgan fingerprint density at radius 3 is 2.50 bits per heavy atom. The lowest BCUT2D eigenvalue weighted by molar-refractivity contribution is -0.157. The fourth-order valence-corrected chi connectivity index (χ4v) is 6.81. The molecule has 2 fully saturated rings. The molecule has 0 aliphatic heterocycles. The van der Waals surface area contributed by atoms with Crippen molar-refractivity contribution in [2.45, 2.75) is 110 Å². The minimum Gasteiger partial charge on any atom is -0.462 e. The van der Waals surface area contributed by atoms with Gasteiger partial charge >= 0.3 is 11.9 Å². The number of carbonyl (C=O) groups excluding carboxylic acids is 2. The van der Waals surface area contributed by atoms with Crippen LogP contribution in [-0.4, -0.2) is 18.0 Å². The summed E-state index contributed by atoms with van der Waals surface area (Å²) < 4.78 is 11.6. The van der Waals surface area contributed by atoms with Crippen LogP contribution in [-0.2, 0) is 20.7 Å². The number of aryl methyl sites for hydroxylation is 1. The Morgan fingerprint density at radius 2 is 1.75 bits per heavy atom. The van der Waals surface area contributed by atoms with E-state index in [-0.39, 0.29) is 23.5 Å². The van der Waals surface area contributed by atoms with E-state index >= 15 is 0 Å². The molecule has 1 aromatic carbocycles. The summed E-state index contributed by atoms with van der Waals surface area (Å²) in [6.07, 6.45) is 11.7. The fraction of sp³-hybridized carbons (Fsp3) is 0.714. The predicted molar refractivity (Wildman–Crippen MR) is 126 cm³/mol. The van der Waals surface area contributed by atoms with E-state index in [2.05, 4.69) is 32.9 Å². The highest BCUT2D eigenvalue weighted by Gasteiger charge is 2.56. The molecule has 0 bridgehead atoms. The van der Waals surface area contributed by atoms with Crippen LogP contribution in [0.5, 0.6) is 5.75 Å². The Balaban J connectivity index is 1.44. The minimum absolute atomic E-state index is 0.00384. The van der Waals surface area contributed by atoms with Gasteiger partial charge in [0.05, 0.1) is 0 Å². The van der Waals surface area contributed by atoms with Gasteiger partial charge in [0.1, 0.15) is 11.9 Å². The van der Waals surface area contributed by atoms with E-state index in [1.54, 1.807) is 0 Å². The largest absolute Gasteiger partial charge is 0.462 e. The van der Waals surface area contributed by atoms with Gasteiger partial charge in [-0.25, -0.2) is 0 Å². The Kier molecular flexibility index (Phi) is 7.27. The zero-order valence-electron chi connectivity index (χ0n) is 20.2. The van der Waals surface area contributed by atoms with Crippen molar-refractivity contribution in [3.05, 3.63) is 29.3 Å². The van der Waals surface area contributed by atoms with Gasteiger partial charge in [-0.3, -0.25) is 9.59 Å². The van der Waals surface area contributed by atoms with Crippen LogP contribution in [0.4, 0.5) is 0 Å². The summed E-state index contributed by atoms with van der Waals surface area (Å²) in [4.78, 5) is 24.4. The number of fused-ring (bicyclic) bond motifs is 5. The molecule has 1 aromatic rings. The summed E-state index contributed by atoms with van der Waals surface area (Å²) in [5.41, 5.74) is 2.94. The van der Waals surface area contributed by atoms with E-state index in [0.717, 1.165) is 51.4 Å². The monoisotopic (exact) mass is 440 g/mol. The van der Waals surface area contributed by atoms with Crippen LogP contribution in [0.2, 0.25) is 0 Å². The van der Waals surface area contributed by atoms with Crippen molar-refractivity contribution in [1.82, 2.24) is 0 Å². The van der Waals surface area contributed by atoms with Crippen LogP contribution < -0.4 is 4.74 Å². The lowest BCUT2D eigenvalue weighted by atomic mass is 9.55. The van der Waals surface area contributed by atoms with Crippen molar-refractivity contribution in [3.8, 4) is 5.75 Å². The molecule has 2 saturated carbocycles. The maximum Gasteiger partial charge on any atom is 0.311 e. The number of esters is 2. The maximum atomic E-state index is 12.3. The predicted octanol–water partition coefficient (Wildman–Crippen LogP) is 6.74. The lowest BCUT2D eigenvalue weighted by Gasteiger charge is -2.50. The van der Waals surface area contributed by atoms with Gasteiger partial charge in [-0.2, -0.15) is 0 Å². The molecule has 176 valence electrons. The molecule has 32 heavy (non-hydrogen) atoms. The number of hydrogen-bond acceptors (Lipinski definition) is 4. The molecule has 3 aliphatic rings. The number of unbranched alkanes of at least 4 members (excludes halogenated alkanes) is 2.